The first-order valence-corrected chi connectivity index (χ1v) is 10.3. The Balaban J connectivity index is 1.92. The van der Waals surface area contributed by atoms with Gasteiger partial charge < -0.3 is 15.2 Å². The maximum Gasteiger partial charge on any atom is 0.191 e. The molecule has 0 aliphatic rings. The first-order valence-electron chi connectivity index (χ1n) is 10.3. The Hall–Kier alpha value is -2.34. The fourth-order valence-corrected chi connectivity index (χ4v) is 3.35. The van der Waals surface area contributed by atoms with Crippen molar-refractivity contribution >= 4 is 5.96 Å². The van der Waals surface area contributed by atoms with Crippen molar-refractivity contribution in [3.63, 3.8) is 0 Å². The summed E-state index contributed by atoms with van der Waals surface area (Å²) >= 11 is 0. The third-order valence-corrected chi connectivity index (χ3v) is 4.67. The average Bonchev–Trinajstić information content (AvgIpc) is 3.15. The fraction of sp³-hybridized carbons (Fsp3) is 0.545. The Morgan fingerprint density at radius 1 is 1.14 bits per heavy atom. The predicted octanol–water partition coefficient (Wildman–Crippen LogP) is 3.11. The van der Waals surface area contributed by atoms with Crippen molar-refractivity contribution in [1.29, 1.82) is 0 Å². The summed E-state index contributed by atoms with van der Waals surface area (Å²) in [7, 11) is 0. The Bertz CT molecular complexity index is 698. The molecule has 0 fully saturated rings. The standard InChI is InChI=1S/C22H36N6/c1-6-24-22(25-11-13-28(18(2)3)19(4)5)26-15-20-8-7-9-21(14-20)16-27-12-10-23-17-27/h7-10,12,14,17-19H,6,11,13,15-16H2,1-5H3,(H2,24,25,26). The van der Waals surface area contributed by atoms with Crippen LogP contribution in [-0.2, 0) is 13.1 Å². The van der Waals surface area contributed by atoms with Crippen molar-refractivity contribution in [1.82, 2.24) is 25.1 Å². The second-order valence-electron chi connectivity index (χ2n) is 7.60. The number of guanidine groups is 1. The molecular weight excluding hydrogens is 348 g/mol. The van der Waals surface area contributed by atoms with Crippen LogP contribution in [0.3, 0.4) is 0 Å². The van der Waals surface area contributed by atoms with E-state index in [2.05, 4.69) is 84.0 Å². The van der Waals surface area contributed by atoms with E-state index in [1.165, 1.54) is 11.1 Å². The lowest BCUT2D eigenvalue weighted by Gasteiger charge is -2.30. The van der Waals surface area contributed by atoms with Crippen molar-refractivity contribution in [2.24, 2.45) is 4.99 Å². The lowest BCUT2D eigenvalue weighted by atomic mass is 10.1. The van der Waals surface area contributed by atoms with Gasteiger partial charge in [-0.1, -0.05) is 24.3 Å². The van der Waals surface area contributed by atoms with E-state index >= 15 is 0 Å². The van der Waals surface area contributed by atoms with Gasteiger partial charge in [-0.05, 0) is 45.7 Å². The van der Waals surface area contributed by atoms with E-state index in [0.717, 1.165) is 32.1 Å². The van der Waals surface area contributed by atoms with Gasteiger partial charge in [0.05, 0.1) is 12.9 Å². The van der Waals surface area contributed by atoms with E-state index in [4.69, 9.17) is 4.99 Å². The first kappa shape index (κ1) is 22.0. The Morgan fingerprint density at radius 3 is 2.54 bits per heavy atom. The molecular formula is C22H36N6. The minimum atomic E-state index is 0.541. The molecule has 0 aliphatic heterocycles. The number of nitrogens with zero attached hydrogens (tertiary/aromatic N) is 4. The topological polar surface area (TPSA) is 57.5 Å². The van der Waals surface area contributed by atoms with Gasteiger partial charge in [0.2, 0.25) is 0 Å². The molecule has 1 aromatic heterocycles. The summed E-state index contributed by atoms with van der Waals surface area (Å²) in [6.45, 7) is 15.3. The largest absolute Gasteiger partial charge is 0.357 e. The van der Waals surface area contributed by atoms with Crippen LogP contribution in [-0.4, -0.2) is 52.1 Å². The smallest absolute Gasteiger partial charge is 0.191 e. The quantitative estimate of drug-likeness (QED) is 0.488. The van der Waals surface area contributed by atoms with Gasteiger partial charge in [0.25, 0.3) is 0 Å². The van der Waals surface area contributed by atoms with Gasteiger partial charge in [-0.15, -0.1) is 0 Å². The minimum Gasteiger partial charge on any atom is -0.357 e. The third kappa shape index (κ3) is 7.35. The van der Waals surface area contributed by atoms with Gasteiger partial charge >= 0.3 is 0 Å². The number of hydrogen-bond donors (Lipinski definition) is 2. The molecule has 0 saturated heterocycles. The highest BCUT2D eigenvalue weighted by Gasteiger charge is 2.12. The lowest BCUT2D eigenvalue weighted by Crippen LogP contribution is -2.45. The molecule has 2 aromatic rings. The van der Waals surface area contributed by atoms with Crippen LogP contribution < -0.4 is 10.6 Å². The number of aromatic nitrogens is 2. The molecule has 0 aliphatic carbocycles. The van der Waals surface area contributed by atoms with Crippen molar-refractivity contribution in [3.8, 4) is 0 Å². The minimum absolute atomic E-state index is 0.541. The van der Waals surface area contributed by atoms with Crippen molar-refractivity contribution in [3.05, 3.63) is 54.1 Å². The average molecular weight is 385 g/mol. The summed E-state index contributed by atoms with van der Waals surface area (Å²) in [6, 6.07) is 9.67. The second-order valence-corrected chi connectivity index (χ2v) is 7.60. The van der Waals surface area contributed by atoms with Gasteiger partial charge in [0, 0.05) is 50.7 Å². The number of hydrogen-bond acceptors (Lipinski definition) is 3. The van der Waals surface area contributed by atoms with E-state index in [1.54, 1.807) is 0 Å². The van der Waals surface area contributed by atoms with Crippen molar-refractivity contribution < 1.29 is 0 Å². The predicted molar refractivity (Wildman–Crippen MR) is 118 cm³/mol. The number of benzene rings is 1. The number of imidazole rings is 1. The number of aliphatic imine (C=N–C) groups is 1. The van der Waals surface area contributed by atoms with Gasteiger partial charge in [-0.25, -0.2) is 9.98 Å². The zero-order valence-corrected chi connectivity index (χ0v) is 18.0. The van der Waals surface area contributed by atoms with Crippen molar-refractivity contribution in [2.75, 3.05) is 19.6 Å². The normalized spacial score (nSPS) is 12.2. The van der Waals surface area contributed by atoms with Crippen LogP contribution in [0.25, 0.3) is 0 Å². The van der Waals surface area contributed by atoms with Crippen molar-refractivity contribution in [2.45, 2.75) is 59.8 Å². The zero-order chi connectivity index (χ0) is 20.4. The molecule has 28 heavy (non-hydrogen) atoms. The van der Waals surface area contributed by atoms with E-state index < -0.39 is 0 Å². The molecule has 6 nitrogen and oxygen atoms in total. The van der Waals surface area contributed by atoms with E-state index in [0.29, 0.717) is 18.6 Å². The summed E-state index contributed by atoms with van der Waals surface area (Å²) in [6.07, 6.45) is 5.63. The van der Waals surface area contributed by atoms with Crippen LogP contribution >= 0.6 is 0 Å². The zero-order valence-electron chi connectivity index (χ0n) is 18.0. The lowest BCUT2D eigenvalue weighted by molar-refractivity contribution is 0.178. The van der Waals surface area contributed by atoms with Crippen LogP contribution in [0.15, 0.2) is 48.0 Å². The summed E-state index contributed by atoms with van der Waals surface area (Å²) < 4.78 is 2.07. The maximum absolute atomic E-state index is 4.77. The van der Waals surface area contributed by atoms with Gasteiger partial charge in [-0.2, -0.15) is 0 Å². The highest BCUT2D eigenvalue weighted by atomic mass is 15.2. The molecule has 0 radical (unpaired) electrons. The molecule has 1 heterocycles. The molecule has 2 rings (SSSR count). The molecule has 0 amide bonds. The molecule has 0 unspecified atom stereocenters. The van der Waals surface area contributed by atoms with Gasteiger partial charge in [0.1, 0.15) is 0 Å². The summed E-state index contributed by atoms with van der Waals surface area (Å²) in [5.41, 5.74) is 2.47. The molecule has 0 bridgehead atoms. The van der Waals surface area contributed by atoms with E-state index in [9.17, 15) is 0 Å². The Morgan fingerprint density at radius 2 is 1.89 bits per heavy atom. The Labute approximate surface area is 170 Å². The van der Waals surface area contributed by atoms with Gasteiger partial charge in [0.15, 0.2) is 5.96 Å². The molecule has 0 spiro atoms. The van der Waals surface area contributed by atoms with Crippen LogP contribution in [0.5, 0.6) is 0 Å². The Kier molecular flexibility index (Phi) is 9.01. The summed E-state index contributed by atoms with van der Waals surface area (Å²) in [4.78, 5) is 11.4. The van der Waals surface area contributed by atoms with E-state index in [1.807, 2.05) is 18.7 Å². The second kappa shape index (κ2) is 11.5. The molecule has 6 heteroatoms. The number of nitrogens with one attached hydrogen (secondary N) is 2. The summed E-state index contributed by atoms with van der Waals surface area (Å²) in [5, 5.41) is 6.81. The molecule has 0 atom stereocenters. The highest BCUT2D eigenvalue weighted by molar-refractivity contribution is 5.79. The molecule has 0 saturated carbocycles. The fourth-order valence-electron chi connectivity index (χ4n) is 3.35. The van der Waals surface area contributed by atoms with Crippen LogP contribution in [0.4, 0.5) is 0 Å². The number of rotatable bonds is 10. The molecule has 154 valence electrons. The third-order valence-electron chi connectivity index (χ3n) is 4.67. The monoisotopic (exact) mass is 384 g/mol. The highest BCUT2D eigenvalue weighted by Crippen LogP contribution is 2.08. The molecule has 1 aromatic carbocycles. The van der Waals surface area contributed by atoms with Crippen LogP contribution in [0.2, 0.25) is 0 Å². The SMILES string of the molecule is CCNC(=NCc1cccc(Cn2ccnc2)c1)NCCN(C(C)C)C(C)C. The van der Waals surface area contributed by atoms with Crippen LogP contribution in [0, 0.1) is 0 Å². The van der Waals surface area contributed by atoms with Gasteiger partial charge in [-0.3, -0.25) is 4.90 Å². The van der Waals surface area contributed by atoms with E-state index in [-0.39, 0.29) is 0 Å². The van der Waals surface area contributed by atoms with Crippen LogP contribution in [0.1, 0.15) is 45.7 Å². The first-order chi connectivity index (χ1) is 13.5. The maximum atomic E-state index is 4.77. The molecule has 2 N–H and O–H groups in total. The summed E-state index contributed by atoms with van der Waals surface area (Å²) in [5.74, 6) is 0.870.